The highest BCUT2D eigenvalue weighted by atomic mass is 32.2. The molecule has 0 N–H and O–H groups in total. The Morgan fingerprint density at radius 2 is 1.62 bits per heavy atom. The quantitative estimate of drug-likeness (QED) is 0.661. The minimum absolute atomic E-state index is 0.267. The molecule has 0 spiro atoms. The monoisotopic (exact) mass is 205 g/mol. The SMILES string of the molecule is CCCCC#N.CCS(=O)(=O)CC. The highest BCUT2D eigenvalue weighted by Gasteiger charge is 1.99. The molecule has 0 aromatic heterocycles. The van der Waals surface area contributed by atoms with Gasteiger partial charge in [-0.1, -0.05) is 27.2 Å². The van der Waals surface area contributed by atoms with Gasteiger partial charge in [-0.05, 0) is 6.42 Å². The average molecular weight is 205 g/mol. The molecule has 0 saturated carbocycles. The summed E-state index contributed by atoms with van der Waals surface area (Å²) in [5, 5.41) is 7.95. The van der Waals surface area contributed by atoms with Crippen LogP contribution in [0.1, 0.15) is 40.0 Å². The first kappa shape index (κ1) is 14.9. The molecular formula is C9H19NO2S. The largest absolute Gasteiger partial charge is 0.229 e. The summed E-state index contributed by atoms with van der Waals surface area (Å²) in [6, 6.07) is 2.07. The zero-order valence-electron chi connectivity index (χ0n) is 8.71. The second-order valence-electron chi connectivity index (χ2n) is 2.58. The van der Waals surface area contributed by atoms with Crippen LogP contribution in [0, 0.1) is 11.3 Å². The Bertz CT molecular complexity index is 216. The van der Waals surface area contributed by atoms with Crippen LogP contribution in [-0.2, 0) is 9.84 Å². The van der Waals surface area contributed by atoms with Gasteiger partial charge in [-0.2, -0.15) is 5.26 Å². The molecule has 4 heteroatoms. The number of nitriles is 1. The standard InChI is InChI=1S/C5H9N.C4H10O2S/c1-2-3-4-5-6;1-3-7(5,6)4-2/h2-4H2,1H3;3-4H2,1-2H3. The van der Waals surface area contributed by atoms with Crippen molar-refractivity contribution in [2.45, 2.75) is 40.0 Å². The van der Waals surface area contributed by atoms with E-state index in [1.807, 2.05) is 0 Å². The molecule has 0 aliphatic carbocycles. The summed E-state index contributed by atoms with van der Waals surface area (Å²) >= 11 is 0. The van der Waals surface area contributed by atoms with Crippen molar-refractivity contribution in [1.29, 1.82) is 5.26 Å². The molecule has 13 heavy (non-hydrogen) atoms. The molecule has 0 atom stereocenters. The van der Waals surface area contributed by atoms with Gasteiger partial charge in [-0.25, -0.2) is 8.42 Å². The number of hydrogen-bond acceptors (Lipinski definition) is 3. The third-order valence-electron chi connectivity index (χ3n) is 1.52. The fraction of sp³-hybridized carbons (Fsp3) is 0.889. The summed E-state index contributed by atoms with van der Waals surface area (Å²) in [5.74, 6) is 0.535. The first-order chi connectivity index (χ1) is 6.04. The van der Waals surface area contributed by atoms with Crippen LogP contribution in [0.5, 0.6) is 0 Å². The number of unbranched alkanes of at least 4 members (excludes halogenated alkanes) is 2. The average Bonchev–Trinajstić information content (AvgIpc) is 2.16. The molecule has 0 fully saturated rings. The second-order valence-corrected chi connectivity index (χ2v) is 5.22. The highest BCUT2D eigenvalue weighted by molar-refractivity contribution is 7.91. The van der Waals surface area contributed by atoms with Crippen molar-refractivity contribution >= 4 is 9.84 Å². The highest BCUT2D eigenvalue weighted by Crippen LogP contribution is 1.88. The molecule has 0 saturated heterocycles. The molecule has 0 bridgehead atoms. The van der Waals surface area contributed by atoms with Crippen LogP contribution in [-0.4, -0.2) is 19.9 Å². The molecule has 0 unspecified atom stereocenters. The first-order valence-electron chi connectivity index (χ1n) is 4.61. The summed E-state index contributed by atoms with van der Waals surface area (Å²) in [7, 11) is -2.66. The third kappa shape index (κ3) is 14.3. The van der Waals surface area contributed by atoms with Crippen molar-refractivity contribution in [2.24, 2.45) is 0 Å². The summed E-state index contributed by atoms with van der Waals surface area (Å²) < 4.78 is 20.7. The Balaban J connectivity index is 0. The lowest BCUT2D eigenvalue weighted by molar-refractivity contribution is 0.598. The van der Waals surface area contributed by atoms with Crippen molar-refractivity contribution in [3.8, 4) is 6.07 Å². The first-order valence-corrected chi connectivity index (χ1v) is 6.43. The fourth-order valence-corrected chi connectivity index (χ4v) is 0.868. The molecule has 0 heterocycles. The predicted molar refractivity (Wildman–Crippen MR) is 55.1 cm³/mol. The Morgan fingerprint density at radius 3 is 1.69 bits per heavy atom. The summed E-state index contributed by atoms with van der Waals surface area (Å²) in [5.41, 5.74) is 0. The topological polar surface area (TPSA) is 57.9 Å². The number of sulfone groups is 1. The van der Waals surface area contributed by atoms with Crippen molar-refractivity contribution in [3.63, 3.8) is 0 Å². The second kappa shape index (κ2) is 9.53. The maximum atomic E-state index is 10.4. The summed E-state index contributed by atoms with van der Waals surface area (Å²) in [6.45, 7) is 5.38. The van der Waals surface area contributed by atoms with Crippen LogP contribution in [0.4, 0.5) is 0 Å². The van der Waals surface area contributed by atoms with E-state index in [-0.39, 0.29) is 11.5 Å². The van der Waals surface area contributed by atoms with Crippen molar-refractivity contribution < 1.29 is 8.42 Å². The zero-order chi connectivity index (χ0) is 10.7. The maximum absolute atomic E-state index is 10.4. The van der Waals surface area contributed by atoms with E-state index in [1.165, 1.54) is 0 Å². The van der Waals surface area contributed by atoms with Crippen LogP contribution in [0.15, 0.2) is 0 Å². The summed E-state index contributed by atoms with van der Waals surface area (Å²) in [4.78, 5) is 0. The van der Waals surface area contributed by atoms with Gasteiger partial charge in [0.05, 0.1) is 6.07 Å². The molecule has 0 aliphatic rings. The van der Waals surface area contributed by atoms with Gasteiger partial charge >= 0.3 is 0 Å². The Kier molecular flexibility index (Phi) is 10.9. The Labute approximate surface area is 81.7 Å². The van der Waals surface area contributed by atoms with Gasteiger partial charge in [0.1, 0.15) is 9.84 Å². The van der Waals surface area contributed by atoms with Gasteiger partial charge in [0.2, 0.25) is 0 Å². The van der Waals surface area contributed by atoms with E-state index >= 15 is 0 Å². The zero-order valence-corrected chi connectivity index (χ0v) is 9.52. The van der Waals surface area contributed by atoms with E-state index in [0.29, 0.717) is 0 Å². The fourth-order valence-electron chi connectivity index (χ4n) is 0.460. The van der Waals surface area contributed by atoms with Gasteiger partial charge in [0, 0.05) is 17.9 Å². The van der Waals surface area contributed by atoms with Crippen LogP contribution in [0.3, 0.4) is 0 Å². The van der Waals surface area contributed by atoms with Crippen LogP contribution >= 0.6 is 0 Å². The van der Waals surface area contributed by atoms with Crippen LogP contribution < -0.4 is 0 Å². The molecule has 78 valence electrons. The van der Waals surface area contributed by atoms with E-state index in [2.05, 4.69) is 13.0 Å². The maximum Gasteiger partial charge on any atom is 0.149 e. The normalized spacial score (nSPS) is 9.69. The number of nitrogens with zero attached hydrogens (tertiary/aromatic N) is 1. The van der Waals surface area contributed by atoms with Crippen LogP contribution in [0.2, 0.25) is 0 Å². The Morgan fingerprint density at radius 1 is 1.15 bits per heavy atom. The lowest BCUT2D eigenvalue weighted by atomic mass is 10.3. The summed E-state index contributed by atoms with van der Waals surface area (Å²) in [6.07, 6.45) is 2.90. The number of hydrogen-bond donors (Lipinski definition) is 0. The van der Waals surface area contributed by atoms with Gasteiger partial charge in [-0.3, -0.25) is 0 Å². The minimum Gasteiger partial charge on any atom is -0.229 e. The van der Waals surface area contributed by atoms with E-state index < -0.39 is 9.84 Å². The van der Waals surface area contributed by atoms with Crippen LogP contribution in [0.25, 0.3) is 0 Å². The molecule has 0 aromatic carbocycles. The lowest BCUT2D eigenvalue weighted by Crippen LogP contribution is -2.04. The molecule has 0 amide bonds. The number of rotatable bonds is 4. The van der Waals surface area contributed by atoms with E-state index in [4.69, 9.17) is 5.26 Å². The third-order valence-corrected chi connectivity index (χ3v) is 3.28. The molecule has 0 aliphatic heterocycles. The lowest BCUT2D eigenvalue weighted by Gasteiger charge is -1.89. The predicted octanol–water partition coefficient (Wildman–Crippen LogP) is 2.14. The smallest absolute Gasteiger partial charge is 0.149 e. The van der Waals surface area contributed by atoms with Gasteiger partial charge in [0.15, 0.2) is 0 Å². The van der Waals surface area contributed by atoms with Crippen molar-refractivity contribution in [1.82, 2.24) is 0 Å². The van der Waals surface area contributed by atoms with Gasteiger partial charge < -0.3 is 0 Å². The molecule has 3 nitrogen and oxygen atoms in total. The van der Waals surface area contributed by atoms with Crippen molar-refractivity contribution in [2.75, 3.05) is 11.5 Å². The molecular weight excluding hydrogens is 186 g/mol. The van der Waals surface area contributed by atoms with E-state index in [1.54, 1.807) is 13.8 Å². The van der Waals surface area contributed by atoms with Gasteiger partial charge in [0.25, 0.3) is 0 Å². The molecule has 0 aromatic rings. The minimum atomic E-state index is -2.66. The molecule has 0 rings (SSSR count). The van der Waals surface area contributed by atoms with Crippen molar-refractivity contribution in [3.05, 3.63) is 0 Å². The van der Waals surface area contributed by atoms with E-state index in [0.717, 1.165) is 19.3 Å². The van der Waals surface area contributed by atoms with Gasteiger partial charge in [-0.15, -0.1) is 0 Å². The molecule has 0 radical (unpaired) electrons. The Hall–Kier alpha value is -0.560. The van der Waals surface area contributed by atoms with E-state index in [9.17, 15) is 8.42 Å².